The zero-order chi connectivity index (χ0) is 28.3. The van der Waals surface area contributed by atoms with E-state index in [1.54, 1.807) is 37.6 Å². The van der Waals surface area contributed by atoms with Crippen molar-refractivity contribution in [3.05, 3.63) is 65.4 Å². The Morgan fingerprint density at radius 1 is 0.974 bits per heavy atom. The van der Waals surface area contributed by atoms with Gasteiger partial charge in [-0.3, -0.25) is 19.3 Å². The average Bonchev–Trinajstić information content (AvgIpc) is 3.01. The Hall–Kier alpha value is -3.51. The normalized spacial score (nSPS) is 21.5. The molecule has 0 bridgehead atoms. The molecule has 8 nitrogen and oxygen atoms in total. The monoisotopic (exact) mass is 549 g/mol. The number of hydrogen-bond acceptors (Lipinski definition) is 5. The molecule has 1 aliphatic carbocycles. The molecule has 2 amide bonds. The number of Topliss-reactive ketones (excluding diaryl/α,β-unsaturated/α-hetero) is 1. The number of hydrogen-bond donors (Lipinski definition) is 2. The number of carbonyl (C=O) groups excluding carboxylic acids is 3. The van der Waals surface area contributed by atoms with Crippen LogP contribution >= 0.6 is 0 Å². The Morgan fingerprint density at radius 2 is 1.55 bits per heavy atom. The number of anilines is 2. The molecule has 2 aromatic rings. The van der Waals surface area contributed by atoms with Crippen LogP contribution in [-0.2, 0) is 24.4 Å². The SMILES string of the molecule is CC(=O)Nc1ccc(S(=O)(=O)N[C@@]2(C(F)(F)F)C(=O)N(c3ccc(C)cc3)C3=C2C(=O)CC(C)(C)C3)cc1. The molecule has 1 aliphatic heterocycles. The molecular formula is C26H26F3N3O5S. The van der Waals surface area contributed by atoms with Crippen molar-refractivity contribution in [2.45, 2.75) is 57.1 Å². The lowest BCUT2D eigenvalue weighted by Gasteiger charge is -2.35. The number of amides is 2. The number of allylic oxidation sites excluding steroid dienone is 1. The summed E-state index contributed by atoms with van der Waals surface area (Å²) in [6, 6.07) is 10.5. The van der Waals surface area contributed by atoms with E-state index in [1.165, 1.54) is 31.2 Å². The zero-order valence-electron chi connectivity index (χ0n) is 21.1. The summed E-state index contributed by atoms with van der Waals surface area (Å²) in [5.74, 6) is -3.01. The number of aryl methyl sites for hydroxylation is 1. The average molecular weight is 550 g/mol. The summed E-state index contributed by atoms with van der Waals surface area (Å²) in [4.78, 5) is 38.6. The van der Waals surface area contributed by atoms with Gasteiger partial charge < -0.3 is 5.32 Å². The summed E-state index contributed by atoms with van der Waals surface area (Å²) in [6.07, 6.45) is -5.85. The van der Waals surface area contributed by atoms with E-state index in [2.05, 4.69) is 5.32 Å². The van der Waals surface area contributed by atoms with Gasteiger partial charge in [-0.2, -0.15) is 17.9 Å². The van der Waals surface area contributed by atoms with Crippen molar-refractivity contribution in [1.29, 1.82) is 0 Å². The van der Waals surface area contributed by atoms with Crippen LogP contribution in [0.1, 0.15) is 39.2 Å². The van der Waals surface area contributed by atoms with Crippen molar-refractivity contribution in [2.75, 3.05) is 10.2 Å². The summed E-state index contributed by atoms with van der Waals surface area (Å²) in [5.41, 5.74) is -4.58. The lowest BCUT2D eigenvalue weighted by Crippen LogP contribution is -2.66. The molecule has 202 valence electrons. The fraction of sp³-hybridized carbons (Fsp3) is 0.346. The zero-order valence-corrected chi connectivity index (χ0v) is 21.9. The minimum atomic E-state index is -5.50. The third kappa shape index (κ3) is 4.62. The first-order valence-electron chi connectivity index (χ1n) is 11.6. The second-order valence-electron chi connectivity index (χ2n) is 10.3. The highest BCUT2D eigenvalue weighted by Gasteiger charge is 2.72. The van der Waals surface area contributed by atoms with E-state index in [4.69, 9.17) is 0 Å². The predicted molar refractivity (Wildman–Crippen MR) is 134 cm³/mol. The van der Waals surface area contributed by atoms with Crippen LogP contribution in [0.5, 0.6) is 0 Å². The first-order chi connectivity index (χ1) is 17.5. The summed E-state index contributed by atoms with van der Waals surface area (Å²) < 4.78 is 73.2. The van der Waals surface area contributed by atoms with Crippen molar-refractivity contribution >= 4 is 39.0 Å². The Bertz CT molecular complexity index is 1460. The molecule has 1 atom stereocenters. The second-order valence-corrected chi connectivity index (χ2v) is 12.0. The summed E-state index contributed by atoms with van der Waals surface area (Å²) >= 11 is 0. The van der Waals surface area contributed by atoms with Crippen LogP contribution in [0.2, 0.25) is 0 Å². The molecule has 0 aromatic heterocycles. The molecule has 2 aliphatic rings. The van der Waals surface area contributed by atoms with Gasteiger partial charge in [0.1, 0.15) is 0 Å². The Balaban J connectivity index is 1.91. The molecule has 0 fully saturated rings. The van der Waals surface area contributed by atoms with Crippen molar-refractivity contribution < 1.29 is 36.0 Å². The topological polar surface area (TPSA) is 113 Å². The number of sulfonamides is 1. The maximum Gasteiger partial charge on any atom is 0.421 e. The number of benzene rings is 2. The van der Waals surface area contributed by atoms with Gasteiger partial charge in [-0.15, -0.1) is 0 Å². The molecule has 0 saturated heterocycles. The van der Waals surface area contributed by atoms with Gasteiger partial charge in [-0.25, -0.2) is 8.42 Å². The second kappa shape index (κ2) is 9.05. The molecule has 0 saturated carbocycles. The molecular weight excluding hydrogens is 523 g/mol. The molecule has 0 radical (unpaired) electrons. The van der Waals surface area contributed by atoms with E-state index in [0.29, 0.717) is 0 Å². The number of nitrogens with one attached hydrogen (secondary N) is 2. The van der Waals surface area contributed by atoms with Gasteiger partial charge in [0.2, 0.25) is 21.5 Å². The third-order valence-electron chi connectivity index (χ3n) is 6.51. The number of nitrogens with zero attached hydrogens (tertiary/aromatic N) is 1. The summed E-state index contributed by atoms with van der Waals surface area (Å²) in [5, 5.41) is 2.43. The highest BCUT2D eigenvalue weighted by atomic mass is 32.2. The van der Waals surface area contributed by atoms with Crippen LogP contribution in [0.3, 0.4) is 0 Å². The van der Waals surface area contributed by atoms with Crippen molar-refractivity contribution in [3.8, 4) is 0 Å². The predicted octanol–water partition coefficient (Wildman–Crippen LogP) is 4.22. The maximum absolute atomic E-state index is 15.0. The van der Waals surface area contributed by atoms with Gasteiger partial charge in [-0.1, -0.05) is 31.5 Å². The van der Waals surface area contributed by atoms with E-state index in [9.17, 15) is 22.8 Å². The van der Waals surface area contributed by atoms with E-state index in [-0.39, 0.29) is 29.9 Å². The largest absolute Gasteiger partial charge is 0.421 e. The molecule has 1 heterocycles. The lowest BCUT2D eigenvalue weighted by atomic mass is 9.72. The quantitative estimate of drug-likeness (QED) is 0.580. The molecule has 0 spiro atoms. The fourth-order valence-corrected chi connectivity index (χ4v) is 6.19. The molecule has 2 N–H and O–H groups in total. The van der Waals surface area contributed by atoms with Crippen molar-refractivity contribution in [2.24, 2.45) is 5.41 Å². The van der Waals surface area contributed by atoms with Crippen LogP contribution in [0, 0.1) is 12.3 Å². The molecule has 12 heteroatoms. The van der Waals surface area contributed by atoms with Gasteiger partial charge in [0, 0.05) is 30.4 Å². The van der Waals surface area contributed by atoms with Gasteiger partial charge in [-0.05, 0) is 55.2 Å². The van der Waals surface area contributed by atoms with Crippen molar-refractivity contribution in [1.82, 2.24) is 4.72 Å². The number of alkyl halides is 3. The van der Waals surface area contributed by atoms with Gasteiger partial charge >= 0.3 is 6.18 Å². The third-order valence-corrected chi connectivity index (χ3v) is 7.98. The summed E-state index contributed by atoms with van der Waals surface area (Å²) in [7, 11) is -5.00. The van der Waals surface area contributed by atoms with Crippen LogP contribution < -0.4 is 14.9 Å². The van der Waals surface area contributed by atoms with E-state index in [1.807, 2.05) is 0 Å². The van der Waals surface area contributed by atoms with Gasteiger partial charge in [0.15, 0.2) is 5.78 Å². The van der Waals surface area contributed by atoms with Gasteiger partial charge in [0.05, 0.1) is 10.5 Å². The molecule has 38 heavy (non-hydrogen) atoms. The minimum Gasteiger partial charge on any atom is -0.326 e. The molecule has 0 unspecified atom stereocenters. The Kier molecular flexibility index (Phi) is 6.56. The Morgan fingerprint density at radius 3 is 2.08 bits per heavy atom. The number of carbonyl (C=O) groups is 3. The summed E-state index contributed by atoms with van der Waals surface area (Å²) in [6.45, 7) is 6.39. The number of rotatable bonds is 5. The van der Waals surface area contributed by atoms with Crippen LogP contribution in [0.25, 0.3) is 0 Å². The standard InChI is InChI=1S/C26H26F3N3O5S/c1-15-5-9-18(10-6-15)32-20-13-24(3,4)14-21(34)22(20)25(23(32)35,26(27,28)29)31-38(36,37)19-11-7-17(8-12-19)30-16(2)33/h5-12,31H,13-14H2,1-4H3,(H,30,33)/t25-/m1/s1. The van der Waals surface area contributed by atoms with Crippen molar-refractivity contribution in [3.63, 3.8) is 0 Å². The minimum absolute atomic E-state index is 0.0569. The fourth-order valence-electron chi connectivity index (χ4n) is 4.87. The van der Waals surface area contributed by atoms with Gasteiger partial charge in [0.25, 0.3) is 5.91 Å². The van der Waals surface area contributed by atoms with Crippen LogP contribution in [-0.4, -0.2) is 37.7 Å². The lowest BCUT2D eigenvalue weighted by molar-refractivity contribution is -0.184. The molecule has 4 rings (SSSR count). The van der Waals surface area contributed by atoms with Crippen LogP contribution in [0.15, 0.2) is 64.7 Å². The highest BCUT2D eigenvalue weighted by molar-refractivity contribution is 7.89. The van der Waals surface area contributed by atoms with Crippen LogP contribution in [0.4, 0.5) is 24.5 Å². The number of halogens is 3. The Labute approximate surface area is 217 Å². The van der Waals surface area contributed by atoms with E-state index >= 15 is 13.2 Å². The van der Waals surface area contributed by atoms with E-state index in [0.717, 1.165) is 22.6 Å². The highest BCUT2D eigenvalue weighted by Crippen LogP contribution is 2.53. The smallest absolute Gasteiger partial charge is 0.326 e. The first kappa shape index (κ1) is 27.5. The maximum atomic E-state index is 15.0. The molecule has 2 aromatic carbocycles. The van der Waals surface area contributed by atoms with E-state index < -0.39 is 55.2 Å². The number of ketones is 1. The first-order valence-corrected chi connectivity index (χ1v) is 13.1.